The van der Waals surface area contributed by atoms with Crippen molar-refractivity contribution >= 4 is 28.5 Å². The fourth-order valence-electron chi connectivity index (χ4n) is 2.44. The van der Waals surface area contributed by atoms with Gasteiger partial charge in [-0.3, -0.25) is 4.79 Å². The molecule has 1 heterocycles. The third kappa shape index (κ3) is 3.90. The van der Waals surface area contributed by atoms with Crippen LogP contribution in [0.2, 0.25) is 5.02 Å². The van der Waals surface area contributed by atoms with Crippen molar-refractivity contribution in [3.05, 3.63) is 63.3 Å². The number of hydrogen-bond acceptors (Lipinski definition) is 4. The molecule has 3 rings (SSSR count). The van der Waals surface area contributed by atoms with Gasteiger partial charge in [-0.05, 0) is 30.3 Å². The highest BCUT2D eigenvalue weighted by Crippen LogP contribution is 2.38. The van der Waals surface area contributed by atoms with Crippen LogP contribution in [0.3, 0.4) is 0 Å². The molecule has 1 N–H and O–H groups in total. The summed E-state index contributed by atoms with van der Waals surface area (Å²) in [5.74, 6) is -1.86. The molecule has 140 valence electrons. The van der Waals surface area contributed by atoms with E-state index in [9.17, 15) is 22.8 Å². The second-order valence-electron chi connectivity index (χ2n) is 5.48. The van der Waals surface area contributed by atoms with Crippen LogP contribution in [0.4, 0.5) is 13.2 Å². The van der Waals surface area contributed by atoms with Crippen LogP contribution in [0.5, 0.6) is 5.75 Å². The predicted octanol–water partition coefficient (Wildman–Crippen LogP) is 4.60. The molecule has 3 aromatic rings. The Kier molecular flexibility index (Phi) is 4.84. The summed E-state index contributed by atoms with van der Waals surface area (Å²) in [4.78, 5) is 23.0. The number of ether oxygens (including phenoxy) is 1. The molecule has 0 fully saturated rings. The van der Waals surface area contributed by atoms with Gasteiger partial charge >= 0.3 is 12.1 Å². The number of hydrogen-bond donors (Lipinski definition) is 1. The van der Waals surface area contributed by atoms with Crippen LogP contribution < -0.4 is 10.2 Å². The molecular formula is C18H10ClF3O5. The number of fused-ring (bicyclic) bond motifs is 1. The van der Waals surface area contributed by atoms with Crippen LogP contribution in [0.1, 0.15) is 5.56 Å². The number of halogens is 4. The van der Waals surface area contributed by atoms with E-state index in [1.807, 2.05) is 0 Å². The van der Waals surface area contributed by atoms with Gasteiger partial charge in [0.05, 0.1) is 21.5 Å². The molecule has 5 nitrogen and oxygen atoms in total. The third-order valence-corrected chi connectivity index (χ3v) is 3.93. The lowest BCUT2D eigenvalue weighted by Crippen LogP contribution is -2.12. The maximum absolute atomic E-state index is 13.0. The van der Waals surface area contributed by atoms with Gasteiger partial charge in [-0.15, -0.1) is 0 Å². The molecule has 0 saturated carbocycles. The Morgan fingerprint density at radius 1 is 1.19 bits per heavy atom. The first-order valence-corrected chi connectivity index (χ1v) is 7.83. The topological polar surface area (TPSA) is 76.7 Å². The zero-order valence-electron chi connectivity index (χ0n) is 13.3. The average molecular weight is 399 g/mol. The average Bonchev–Trinajstić information content (AvgIpc) is 2.59. The van der Waals surface area contributed by atoms with Gasteiger partial charge in [0, 0.05) is 6.07 Å². The number of para-hydroxylation sites is 1. The van der Waals surface area contributed by atoms with E-state index in [-0.39, 0.29) is 33.1 Å². The Balaban J connectivity index is 2.20. The number of carboxylic acid groups (broad SMARTS) is 1. The summed E-state index contributed by atoms with van der Waals surface area (Å²) in [7, 11) is 0. The first-order chi connectivity index (χ1) is 12.7. The van der Waals surface area contributed by atoms with Gasteiger partial charge in [-0.1, -0.05) is 17.7 Å². The zero-order valence-corrected chi connectivity index (χ0v) is 14.1. The lowest BCUT2D eigenvalue weighted by atomic mass is 10.1. The van der Waals surface area contributed by atoms with Gasteiger partial charge in [0.1, 0.15) is 11.5 Å². The molecule has 0 amide bonds. The van der Waals surface area contributed by atoms with Crippen LogP contribution in [0.15, 0.2) is 51.7 Å². The van der Waals surface area contributed by atoms with E-state index in [4.69, 9.17) is 25.9 Å². The minimum atomic E-state index is -4.66. The van der Waals surface area contributed by atoms with Gasteiger partial charge in [-0.25, -0.2) is 4.79 Å². The van der Waals surface area contributed by atoms with Crippen LogP contribution in [-0.4, -0.2) is 17.7 Å². The summed E-state index contributed by atoms with van der Waals surface area (Å²) < 4.78 is 49.5. The molecule has 2 aromatic carbocycles. The van der Waals surface area contributed by atoms with Crippen molar-refractivity contribution in [2.45, 2.75) is 6.18 Å². The van der Waals surface area contributed by atoms with Crippen molar-refractivity contribution in [1.82, 2.24) is 0 Å². The van der Waals surface area contributed by atoms with Crippen LogP contribution in [0, 0.1) is 0 Å². The second kappa shape index (κ2) is 6.96. The highest BCUT2D eigenvalue weighted by Gasteiger charge is 2.31. The molecular weight excluding hydrogens is 389 g/mol. The van der Waals surface area contributed by atoms with E-state index in [1.54, 1.807) is 6.07 Å². The normalized spacial score (nSPS) is 11.6. The summed E-state index contributed by atoms with van der Waals surface area (Å²) in [5.41, 5.74) is -1.44. The number of alkyl halides is 3. The highest BCUT2D eigenvalue weighted by molar-refractivity contribution is 6.34. The molecule has 0 unspecified atom stereocenters. The highest BCUT2D eigenvalue weighted by atomic mass is 35.5. The Morgan fingerprint density at radius 2 is 1.93 bits per heavy atom. The van der Waals surface area contributed by atoms with Crippen molar-refractivity contribution in [2.75, 3.05) is 6.61 Å². The first kappa shape index (κ1) is 18.8. The summed E-state index contributed by atoms with van der Waals surface area (Å²) in [6, 6.07) is 8.09. The van der Waals surface area contributed by atoms with Crippen molar-refractivity contribution < 1.29 is 32.2 Å². The monoisotopic (exact) mass is 398 g/mol. The van der Waals surface area contributed by atoms with Gasteiger partial charge < -0.3 is 14.3 Å². The SMILES string of the molecule is O=C(O)COc1cc(C(F)(F)F)ccc1-c1cc(=O)c2cccc(Cl)c2o1. The predicted molar refractivity (Wildman–Crippen MR) is 91.1 cm³/mol. The fraction of sp³-hybridized carbons (Fsp3) is 0.111. The maximum atomic E-state index is 13.0. The number of rotatable bonds is 4. The Morgan fingerprint density at radius 3 is 2.59 bits per heavy atom. The molecule has 0 spiro atoms. The summed E-state index contributed by atoms with van der Waals surface area (Å²) in [6.45, 7) is -0.868. The summed E-state index contributed by atoms with van der Waals surface area (Å²) >= 11 is 6.03. The van der Waals surface area contributed by atoms with E-state index < -0.39 is 29.7 Å². The van der Waals surface area contributed by atoms with Crippen molar-refractivity contribution in [2.24, 2.45) is 0 Å². The molecule has 0 aliphatic rings. The number of aliphatic carboxylic acids is 1. The van der Waals surface area contributed by atoms with E-state index in [1.165, 1.54) is 12.1 Å². The van der Waals surface area contributed by atoms with Crippen LogP contribution in [0.25, 0.3) is 22.3 Å². The van der Waals surface area contributed by atoms with Gasteiger partial charge in [0.25, 0.3) is 0 Å². The largest absolute Gasteiger partial charge is 0.481 e. The summed E-state index contributed by atoms with van der Waals surface area (Å²) in [6.07, 6.45) is -4.66. The lowest BCUT2D eigenvalue weighted by Gasteiger charge is -2.14. The standard InChI is InChI=1S/C18H10ClF3O5/c19-12-3-1-2-10-13(23)7-15(27-17(10)12)11-5-4-9(18(20,21)22)6-14(11)26-8-16(24)25/h1-7H,8H2,(H,24,25). The molecule has 0 bridgehead atoms. The smallest absolute Gasteiger partial charge is 0.416 e. The first-order valence-electron chi connectivity index (χ1n) is 7.45. The molecule has 0 atom stereocenters. The molecule has 0 aliphatic carbocycles. The van der Waals surface area contributed by atoms with Crippen LogP contribution >= 0.6 is 11.6 Å². The van der Waals surface area contributed by atoms with E-state index in [0.29, 0.717) is 6.07 Å². The van der Waals surface area contributed by atoms with Gasteiger partial charge in [0.15, 0.2) is 17.6 Å². The maximum Gasteiger partial charge on any atom is 0.416 e. The lowest BCUT2D eigenvalue weighted by molar-refractivity contribution is -0.139. The Bertz CT molecular complexity index is 1090. The Labute approximate surface area is 154 Å². The van der Waals surface area contributed by atoms with Gasteiger partial charge in [0.2, 0.25) is 0 Å². The number of benzene rings is 2. The third-order valence-electron chi connectivity index (χ3n) is 3.63. The van der Waals surface area contributed by atoms with Gasteiger partial charge in [-0.2, -0.15) is 13.2 Å². The number of carboxylic acids is 1. The number of carbonyl (C=O) groups is 1. The second-order valence-corrected chi connectivity index (χ2v) is 5.89. The van der Waals surface area contributed by atoms with Crippen molar-refractivity contribution in [3.8, 4) is 17.1 Å². The van der Waals surface area contributed by atoms with Crippen molar-refractivity contribution in [1.29, 1.82) is 0 Å². The van der Waals surface area contributed by atoms with E-state index >= 15 is 0 Å². The molecule has 9 heteroatoms. The van der Waals surface area contributed by atoms with E-state index in [2.05, 4.69) is 0 Å². The van der Waals surface area contributed by atoms with Crippen LogP contribution in [-0.2, 0) is 11.0 Å². The molecule has 0 radical (unpaired) electrons. The van der Waals surface area contributed by atoms with Crippen molar-refractivity contribution in [3.63, 3.8) is 0 Å². The molecule has 0 saturated heterocycles. The molecule has 1 aromatic heterocycles. The minimum Gasteiger partial charge on any atom is -0.481 e. The molecule has 27 heavy (non-hydrogen) atoms. The summed E-state index contributed by atoms with van der Waals surface area (Å²) in [5, 5.41) is 9.09. The fourth-order valence-corrected chi connectivity index (χ4v) is 2.65. The minimum absolute atomic E-state index is 0.0110. The van der Waals surface area contributed by atoms with E-state index in [0.717, 1.165) is 18.2 Å². The quantitative estimate of drug-likeness (QED) is 0.695. The molecule has 0 aliphatic heterocycles. The Hall–Kier alpha value is -3.00. The zero-order chi connectivity index (χ0) is 19.8.